The van der Waals surface area contributed by atoms with E-state index in [-0.39, 0.29) is 12.5 Å². The number of hydrogen-bond donors (Lipinski definition) is 1. The van der Waals surface area contributed by atoms with E-state index in [1.165, 1.54) is 7.11 Å². The zero-order valence-electron chi connectivity index (χ0n) is 12.4. The fourth-order valence-electron chi connectivity index (χ4n) is 1.84. The van der Waals surface area contributed by atoms with Crippen LogP contribution in [-0.4, -0.2) is 25.6 Å². The van der Waals surface area contributed by atoms with Gasteiger partial charge in [0.1, 0.15) is 11.3 Å². The fraction of sp³-hybridized carbons (Fsp3) is 0.250. The number of esters is 1. The lowest BCUT2D eigenvalue weighted by Crippen LogP contribution is -2.28. The summed E-state index contributed by atoms with van der Waals surface area (Å²) in [4.78, 5) is 24.8. The Morgan fingerprint density at radius 1 is 1.27 bits per heavy atom. The molecule has 2 aromatic rings. The first-order valence-corrected chi connectivity index (χ1v) is 7.59. The standard InChI is InChI=1S/C16H17NO4S/c1-11-5-6-14(20-2)13(8-11)16(19)21-10-15(18)17-9-12-4-3-7-22-12/h3-8H,9-10H2,1-2H3,(H,17,18). The number of carbonyl (C=O) groups excluding carboxylic acids is 2. The first-order chi connectivity index (χ1) is 10.6. The molecule has 1 amide bonds. The number of aryl methyl sites for hydroxylation is 1. The molecular formula is C16H17NO4S. The van der Waals surface area contributed by atoms with Gasteiger partial charge in [0, 0.05) is 4.88 Å². The Morgan fingerprint density at radius 3 is 2.77 bits per heavy atom. The number of benzene rings is 1. The Hall–Kier alpha value is -2.34. The third kappa shape index (κ3) is 4.33. The second-order valence-electron chi connectivity index (χ2n) is 4.64. The third-order valence-electron chi connectivity index (χ3n) is 2.95. The van der Waals surface area contributed by atoms with Crippen LogP contribution in [0.4, 0.5) is 0 Å². The van der Waals surface area contributed by atoms with E-state index < -0.39 is 5.97 Å². The normalized spacial score (nSPS) is 10.1. The molecule has 116 valence electrons. The van der Waals surface area contributed by atoms with Gasteiger partial charge in [-0.3, -0.25) is 4.79 Å². The van der Waals surface area contributed by atoms with Crippen molar-refractivity contribution in [2.75, 3.05) is 13.7 Å². The second kappa shape index (κ2) is 7.61. The lowest BCUT2D eigenvalue weighted by molar-refractivity contribution is -0.124. The van der Waals surface area contributed by atoms with E-state index in [1.54, 1.807) is 23.5 Å². The lowest BCUT2D eigenvalue weighted by atomic mass is 10.1. The molecule has 0 atom stereocenters. The minimum absolute atomic E-state index is 0.313. The van der Waals surface area contributed by atoms with E-state index in [4.69, 9.17) is 9.47 Å². The molecular weight excluding hydrogens is 302 g/mol. The average molecular weight is 319 g/mol. The van der Waals surface area contributed by atoms with E-state index in [0.29, 0.717) is 17.9 Å². The van der Waals surface area contributed by atoms with E-state index in [0.717, 1.165) is 10.4 Å². The van der Waals surface area contributed by atoms with Gasteiger partial charge in [-0.25, -0.2) is 4.79 Å². The van der Waals surface area contributed by atoms with Crippen LogP contribution in [0.15, 0.2) is 35.7 Å². The summed E-state index contributed by atoms with van der Waals surface area (Å²) in [6, 6.07) is 9.04. The molecule has 0 radical (unpaired) electrons. The molecule has 0 aliphatic heterocycles. The average Bonchev–Trinajstić information content (AvgIpc) is 3.04. The molecule has 0 fully saturated rings. The Balaban J connectivity index is 1.87. The molecule has 5 nitrogen and oxygen atoms in total. The van der Waals surface area contributed by atoms with Crippen molar-refractivity contribution in [3.63, 3.8) is 0 Å². The first-order valence-electron chi connectivity index (χ1n) is 6.71. The van der Waals surface area contributed by atoms with Gasteiger partial charge in [0.15, 0.2) is 6.61 Å². The molecule has 0 saturated heterocycles. The molecule has 22 heavy (non-hydrogen) atoms. The summed E-state index contributed by atoms with van der Waals surface area (Å²) >= 11 is 1.55. The Bertz CT molecular complexity index is 652. The molecule has 0 aliphatic rings. The van der Waals surface area contributed by atoms with Crippen molar-refractivity contribution < 1.29 is 19.1 Å². The van der Waals surface area contributed by atoms with E-state index in [1.807, 2.05) is 30.5 Å². The fourth-order valence-corrected chi connectivity index (χ4v) is 2.48. The Labute approximate surface area is 132 Å². The quantitative estimate of drug-likeness (QED) is 0.831. The second-order valence-corrected chi connectivity index (χ2v) is 5.67. The van der Waals surface area contributed by atoms with Crippen molar-refractivity contribution in [2.24, 2.45) is 0 Å². The molecule has 1 aromatic heterocycles. The van der Waals surface area contributed by atoms with Gasteiger partial charge >= 0.3 is 5.97 Å². The van der Waals surface area contributed by atoms with Gasteiger partial charge < -0.3 is 14.8 Å². The summed E-state index contributed by atoms with van der Waals surface area (Å²) in [7, 11) is 1.48. The van der Waals surface area contributed by atoms with Crippen LogP contribution in [0.1, 0.15) is 20.8 Å². The molecule has 1 aromatic carbocycles. The molecule has 1 heterocycles. The topological polar surface area (TPSA) is 64.6 Å². The number of ether oxygens (including phenoxy) is 2. The highest BCUT2D eigenvalue weighted by molar-refractivity contribution is 7.09. The maximum Gasteiger partial charge on any atom is 0.342 e. The summed E-state index contributed by atoms with van der Waals surface area (Å²) in [5.41, 5.74) is 1.23. The molecule has 0 saturated carbocycles. The van der Waals surface area contributed by atoms with Gasteiger partial charge in [-0.15, -0.1) is 11.3 Å². The summed E-state index contributed by atoms with van der Waals surface area (Å²) in [5.74, 6) is -0.491. The highest BCUT2D eigenvalue weighted by Crippen LogP contribution is 2.20. The number of hydrogen-bond acceptors (Lipinski definition) is 5. The molecule has 0 aliphatic carbocycles. The Morgan fingerprint density at radius 2 is 2.09 bits per heavy atom. The highest BCUT2D eigenvalue weighted by atomic mass is 32.1. The van der Waals surface area contributed by atoms with E-state index in [9.17, 15) is 9.59 Å². The predicted octanol–water partition coefficient (Wildman–Crippen LogP) is 2.54. The largest absolute Gasteiger partial charge is 0.496 e. The van der Waals surface area contributed by atoms with Crippen LogP contribution < -0.4 is 10.1 Å². The van der Waals surface area contributed by atoms with Crippen LogP contribution in [0.25, 0.3) is 0 Å². The summed E-state index contributed by atoms with van der Waals surface area (Å²) < 4.78 is 10.2. The van der Waals surface area contributed by atoms with Crippen molar-refractivity contribution in [1.29, 1.82) is 0 Å². The minimum Gasteiger partial charge on any atom is -0.496 e. The number of nitrogens with one attached hydrogen (secondary N) is 1. The van der Waals surface area contributed by atoms with Crippen molar-refractivity contribution in [1.82, 2.24) is 5.32 Å². The van der Waals surface area contributed by atoms with Crippen LogP contribution in [0.5, 0.6) is 5.75 Å². The molecule has 0 unspecified atom stereocenters. The number of rotatable bonds is 6. The SMILES string of the molecule is COc1ccc(C)cc1C(=O)OCC(=O)NCc1cccs1. The van der Waals surface area contributed by atoms with Crippen LogP contribution >= 0.6 is 11.3 Å². The Kier molecular flexibility index (Phi) is 5.55. The highest BCUT2D eigenvalue weighted by Gasteiger charge is 2.15. The van der Waals surface area contributed by atoms with Crippen LogP contribution in [-0.2, 0) is 16.1 Å². The molecule has 1 N–H and O–H groups in total. The van der Waals surface area contributed by atoms with Gasteiger partial charge in [-0.05, 0) is 30.5 Å². The van der Waals surface area contributed by atoms with Crippen molar-refractivity contribution in [2.45, 2.75) is 13.5 Å². The number of thiophene rings is 1. The van der Waals surface area contributed by atoms with Crippen LogP contribution in [0.2, 0.25) is 0 Å². The van der Waals surface area contributed by atoms with Gasteiger partial charge in [-0.2, -0.15) is 0 Å². The minimum atomic E-state index is -0.577. The molecule has 0 bridgehead atoms. The van der Waals surface area contributed by atoms with Gasteiger partial charge in [0.05, 0.1) is 13.7 Å². The van der Waals surface area contributed by atoms with Crippen molar-refractivity contribution in [3.8, 4) is 5.75 Å². The van der Waals surface area contributed by atoms with Crippen molar-refractivity contribution in [3.05, 3.63) is 51.7 Å². The monoisotopic (exact) mass is 319 g/mol. The van der Waals surface area contributed by atoms with Crippen molar-refractivity contribution >= 4 is 23.2 Å². The van der Waals surface area contributed by atoms with Crippen LogP contribution in [0, 0.1) is 6.92 Å². The van der Waals surface area contributed by atoms with Gasteiger partial charge in [0.2, 0.25) is 0 Å². The molecule has 2 rings (SSSR count). The number of carbonyl (C=O) groups is 2. The third-order valence-corrected chi connectivity index (χ3v) is 3.83. The maximum absolute atomic E-state index is 12.0. The van der Waals surface area contributed by atoms with Gasteiger partial charge in [0.25, 0.3) is 5.91 Å². The smallest absolute Gasteiger partial charge is 0.342 e. The zero-order chi connectivity index (χ0) is 15.9. The summed E-state index contributed by atoms with van der Waals surface area (Å²) in [6.45, 7) is 1.98. The predicted molar refractivity (Wildman–Crippen MR) is 84.2 cm³/mol. The summed E-state index contributed by atoms with van der Waals surface area (Å²) in [6.07, 6.45) is 0. The molecule has 6 heteroatoms. The first kappa shape index (κ1) is 16.0. The number of amides is 1. The molecule has 0 spiro atoms. The number of methoxy groups -OCH3 is 1. The maximum atomic E-state index is 12.0. The van der Waals surface area contributed by atoms with E-state index >= 15 is 0 Å². The van der Waals surface area contributed by atoms with Gasteiger partial charge in [-0.1, -0.05) is 17.7 Å². The lowest BCUT2D eigenvalue weighted by Gasteiger charge is -2.09. The van der Waals surface area contributed by atoms with E-state index in [2.05, 4.69) is 5.32 Å². The zero-order valence-corrected chi connectivity index (χ0v) is 13.2. The summed E-state index contributed by atoms with van der Waals surface area (Å²) in [5, 5.41) is 4.63. The van der Waals surface area contributed by atoms with Crippen LogP contribution in [0.3, 0.4) is 0 Å².